The summed E-state index contributed by atoms with van der Waals surface area (Å²) in [6.45, 7) is 6.59. The van der Waals surface area contributed by atoms with Crippen molar-refractivity contribution in [1.82, 2.24) is 10.2 Å². The van der Waals surface area contributed by atoms with E-state index < -0.39 is 0 Å². The molecule has 0 amide bonds. The lowest BCUT2D eigenvalue weighted by Gasteiger charge is -2.23. The van der Waals surface area contributed by atoms with E-state index in [9.17, 15) is 0 Å². The summed E-state index contributed by atoms with van der Waals surface area (Å²) in [6.07, 6.45) is 2.65. The Kier molecular flexibility index (Phi) is 5.49. The van der Waals surface area contributed by atoms with Crippen LogP contribution in [0, 0.1) is 0 Å². The Morgan fingerprint density at radius 2 is 2.33 bits per heavy atom. The first-order chi connectivity index (χ1) is 8.70. The van der Waals surface area contributed by atoms with Crippen LogP contribution in [-0.2, 0) is 6.54 Å². The summed E-state index contributed by atoms with van der Waals surface area (Å²) < 4.78 is 1.12. The maximum atomic E-state index is 6.01. The highest BCUT2D eigenvalue weighted by Crippen LogP contribution is 2.21. The zero-order chi connectivity index (χ0) is 13.0. The number of hydrogen-bond donors (Lipinski definition) is 1. The van der Waals surface area contributed by atoms with Crippen molar-refractivity contribution in [3.63, 3.8) is 0 Å². The van der Waals surface area contributed by atoms with E-state index in [0.29, 0.717) is 6.04 Å². The van der Waals surface area contributed by atoms with Crippen LogP contribution in [-0.4, -0.2) is 30.6 Å². The standard InChI is InChI=1S/C14H20BrClN2/c1-2-18-7-3-4-13(18)10-17-9-11-8-12(16)5-6-14(11)15/h5-6,8,13,17H,2-4,7,9-10H2,1H3. The molecule has 1 fully saturated rings. The van der Waals surface area contributed by atoms with Crippen LogP contribution in [0.15, 0.2) is 22.7 Å². The SMILES string of the molecule is CCN1CCCC1CNCc1cc(Cl)ccc1Br. The Morgan fingerprint density at radius 3 is 3.11 bits per heavy atom. The third-order valence-electron chi connectivity index (χ3n) is 3.61. The van der Waals surface area contributed by atoms with Crippen LogP contribution in [0.1, 0.15) is 25.3 Å². The highest BCUT2D eigenvalue weighted by atomic mass is 79.9. The van der Waals surface area contributed by atoms with Crippen LogP contribution in [0.3, 0.4) is 0 Å². The first kappa shape index (κ1) is 14.3. The van der Waals surface area contributed by atoms with Gasteiger partial charge in [-0.3, -0.25) is 4.90 Å². The molecule has 2 nitrogen and oxygen atoms in total. The minimum absolute atomic E-state index is 0.702. The van der Waals surface area contributed by atoms with Crippen LogP contribution in [0.25, 0.3) is 0 Å². The van der Waals surface area contributed by atoms with Gasteiger partial charge in [-0.25, -0.2) is 0 Å². The molecule has 1 aromatic carbocycles. The Bertz CT molecular complexity index is 397. The molecular weight excluding hydrogens is 312 g/mol. The van der Waals surface area contributed by atoms with Gasteiger partial charge in [-0.15, -0.1) is 0 Å². The van der Waals surface area contributed by atoms with Gasteiger partial charge in [0.15, 0.2) is 0 Å². The molecule has 4 heteroatoms. The minimum atomic E-state index is 0.702. The fourth-order valence-corrected chi connectivity index (χ4v) is 3.18. The number of nitrogens with one attached hydrogen (secondary N) is 1. The van der Waals surface area contributed by atoms with Gasteiger partial charge in [-0.05, 0) is 49.7 Å². The lowest BCUT2D eigenvalue weighted by molar-refractivity contribution is 0.260. The first-order valence-electron chi connectivity index (χ1n) is 6.59. The molecule has 1 aromatic rings. The number of halogens is 2. The molecule has 1 saturated heterocycles. The van der Waals surface area contributed by atoms with E-state index in [0.717, 1.165) is 29.1 Å². The molecule has 0 saturated carbocycles. The summed E-state index contributed by atoms with van der Waals surface area (Å²) in [6, 6.07) is 6.64. The number of rotatable bonds is 5. The third kappa shape index (κ3) is 3.70. The lowest BCUT2D eigenvalue weighted by atomic mass is 10.2. The van der Waals surface area contributed by atoms with Crippen molar-refractivity contribution in [2.24, 2.45) is 0 Å². The predicted molar refractivity (Wildman–Crippen MR) is 81.1 cm³/mol. The predicted octanol–water partition coefficient (Wildman–Crippen LogP) is 3.68. The molecular formula is C14H20BrClN2. The molecule has 100 valence electrons. The molecule has 0 radical (unpaired) electrons. The maximum Gasteiger partial charge on any atom is 0.0410 e. The second-order valence-electron chi connectivity index (χ2n) is 4.79. The van der Waals surface area contributed by atoms with Crippen molar-refractivity contribution in [2.45, 2.75) is 32.4 Å². The molecule has 18 heavy (non-hydrogen) atoms. The number of nitrogens with zero attached hydrogens (tertiary/aromatic N) is 1. The van der Waals surface area contributed by atoms with E-state index in [1.807, 2.05) is 18.2 Å². The van der Waals surface area contributed by atoms with Gasteiger partial charge in [0, 0.05) is 28.6 Å². The number of benzene rings is 1. The van der Waals surface area contributed by atoms with E-state index in [4.69, 9.17) is 11.6 Å². The van der Waals surface area contributed by atoms with Crippen molar-refractivity contribution in [3.05, 3.63) is 33.3 Å². The fraction of sp³-hybridized carbons (Fsp3) is 0.571. The Hall–Kier alpha value is -0.0900. The van der Waals surface area contributed by atoms with Crippen LogP contribution >= 0.6 is 27.5 Å². The molecule has 0 bridgehead atoms. The quantitative estimate of drug-likeness (QED) is 0.885. The molecule has 1 atom stereocenters. The molecule has 0 spiro atoms. The molecule has 2 rings (SSSR count). The molecule has 1 aliphatic heterocycles. The van der Waals surface area contributed by atoms with Crippen LogP contribution in [0.4, 0.5) is 0 Å². The average molecular weight is 332 g/mol. The van der Waals surface area contributed by atoms with Gasteiger partial charge in [0.25, 0.3) is 0 Å². The smallest absolute Gasteiger partial charge is 0.0410 e. The van der Waals surface area contributed by atoms with Crippen molar-refractivity contribution in [3.8, 4) is 0 Å². The van der Waals surface area contributed by atoms with Crippen LogP contribution in [0.5, 0.6) is 0 Å². The largest absolute Gasteiger partial charge is 0.311 e. The van der Waals surface area contributed by atoms with Gasteiger partial charge in [0.2, 0.25) is 0 Å². The van der Waals surface area contributed by atoms with Crippen molar-refractivity contribution in [1.29, 1.82) is 0 Å². The maximum absolute atomic E-state index is 6.01. The van der Waals surface area contributed by atoms with Gasteiger partial charge in [0.1, 0.15) is 0 Å². The number of likely N-dealkylation sites (tertiary alicyclic amines) is 1. The molecule has 1 aliphatic rings. The summed E-state index contributed by atoms with van der Waals surface area (Å²) in [4.78, 5) is 2.56. The van der Waals surface area contributed by atoms with Crippen LogP contribution < -0.4 is 5.32 Å². The normalized spacial score (nSPS) is 20.5. The van der Waals surface area contributed by atoms with Crippen molar-refractivity contribution < 1.29 is 0 Å². The highest BCUT2D eigenvalue weighted by molar-refractivity contribution is 9.10. The second kappa shape index (κ2) is 6.90. The fourth-order valence-electron chi connectivity index (χ4n) is 2.59. The van der Waals surface area contributed by atoms with Crippen LogP contribution in [0.2, 0.25) is 5.02 Å². The van der Waals surface area contributed by atoms with Crippen molar-refractivity contribution >= 4 is 27.5 Å². The molecule has 1 N–H and O–H groups in total. The monoisotopic (exact) mass is 330 g/mol. The average Bonchev–Trinajstić information content (AvgIpc) is 2.81. The minimum Gasteiger partial charge on any atom is -0.311 e. The topological polar surface area (TPSA) is 15.3 Å². The highest BCUT2D eigenvalue weighted by Gasteiger charge is 2.22. The summed E-state index contributed by atoms with van der Waals surface area (Å²) in [5.41, 5.74) is 1.23. The van der Waals surface area contributed by atoms with E-state index in [-0.39, 0.29) is 0 Å². The van der Waals surface area contributed by atoms with Gasteiger partial charge in [-0.1, -0.05) is 34.5 Å². The van der Waals surface area contributed by atoms with Gasteiger partial charge in [0.05, 0.1) is 0 Å². The number of likely N-dealkylation sites (N-methyl/N-ethyl adjacent to an activating group) is 1. The Labute approximate surface area is 123 Å². The zero-order valence-electron chi connectivity index (χ0n) is 10.8. The van der Waals surface area contributed by atoms with Crippen molar-refractivity contribution in [2.75, 3.05) is 19.6 Å². The second-order valence-corrected chi connectivity index (χ2v) is 6.08. The summed E-state index contributed by atoms with van der Waals surface area (Å²) in [5.74, 6) is 0. The number of hydrogen-bond acceptors (Lipinski definition) is 2. The van der Waals surface area contributed by atoms with Gasteiger partial charge >= 0.3 is 0 Å². The summed E-state index contributed by atoms with van der Waals surface area (Å²) >= 11 is 9.57. The first-order valence-corrected chi connectivity index (χ1v) is 7.76. The molecule has 1 unspecified atom stereocenters. The zero-order valence-corrected chi connectivity index (χ0v) is 13.1. The third-order valence-corrected chi connectivity index (χ3v) is 4.62. The Morgan fingerprint density at radius 1 is 1.50 bits per heavy atom. The summed E-state index contributed by atoms with van der Waals surface area (Å²) in [7, 11) is 0. The molecule has 0 aliphatic carbocycles. The van der Waals surface area contributed by atoms with E-state index in [1.165, 1.54) is 24.9 Å². The van der Waals surface area contributed by atoms with E-state index >= 15 is 0 Å². The van der Waals surface area contributed by atoms with Gasteiger partial charge in [-0.2, -0.15) is 0 Å². The lowest BCUT2D eigenvalue weighted by Crippen LogP contribution is -2.37. The van der Waals surface area contributed by atoms with Gasteiger partial charge < -0.3 is 5.32 Å². The van der Waals surface area contributed by atoms with E-state index in [2.05, 4.69) is 33.1 Å². The molecule has 1 heterocycles. The van der Waals surface area contributed by atoms with E-state index in [1.54, 1.807) is 0 Å². The Balaban J connectivity index is 1.83. The molecule has 0 aromatic heterocycles. The summed E-state index contributed by atoms with van der Waals surface area (Å²) in [5, 5.41) is 4.34.